The molecule has 6 nitrogen and oxygen atoms in total. The molecule has 0 aliphatic carbocycles. The Hall–Kier alpha value is -1.46. The molecule has 0 aromatic carbocycles. The number of carbonyl (C=O) groups excluding carboxylic acids is 1. The molecule has 12 heavy (non-hydrogen) atoms. The average molecular weight is 174 g/mol. The van der Waals surface area contributed by atoms with Crippen LogP contribution in [0.4, 0.5) is 4.79 Å². The summed E-state index contributed by atoms with van der Waals surface area (Å²) in [5, 5.41) is 13.4. The Kier molecular flexibility index (Phi) is 5.50. The van der Waals surface area contributed by atoms with Gasteiger partial charge in [-0.1, -0.05) is 5.16 Å². The number of nitrogens with zero attached hydrogens (tertiary/aromatic N) is 1. The Bertz CT molecular complexity index is 169. The smallest absolute Gasteiger partial charge is 0.312 e. The zero-order valence-electron chi connectivity index (χ0n) is 6.79. The van der Waals surface area contributed by atoms with Crippen molar-refractivity contribution >= 4 is 11.9 Å². The lowest BCUT2D eigenvalue weighted by Crippen LogP contribution is -2.30. The van der Waals surface area contributed by atoms with Gasteiger partial charge < -0.3 is 22.0 Å². The Morgan fingerprint density at radius 2 is 2.08 bits per heavy atom. The van der Waals surface area contributed by atoms with Crippen LogP contribution in [0, 0.1) is 0 Å². The second kappa shape index (κ2) is 6.26. The highest BCUT2D eigenvalue weighted by Gasteiger charge is 1.94. The third-order valence-corrected chi connectivity index (χ3v) is 1.29. The summed E-state index contributed by atoms with van der Waals surface area (Å²) in [4.78, 5) is 10.2. The molecule has 0 rings (SSSR count). The Balaban J connectivity index is 3.16. The van der Waals surface area contributed by atoms with Crippen molar-refractivity contribution in [1.82, 2.24) is 5.32 Å². The quantitative estimate of drug-likeness (QED) is 0.149. The van der Waals surface area contributed by atoms with Crippen molar-refractivity contribution in [2.75, 3.05) is 6.54 Å². The first-order valence-electron chi connectivity index (χ1n) is 3.66. The molecular formula is C6H14N4O2. The summed E-state index contributed by atoms with van der Waals surface area (Å²) in [5.74, 6) is 0.203. The summed E-state index contributed by atoms with van der Waals surface area (Å²) in [6.45, 7) is 0.522. The van der Waals surface area contributed by atoms with Crippen LogP contribution in [0.3, 0.4) is 0 Å². The van der Waals surface area contributed by atoms with Gasteiger partial charge in [-0.05, 0) is 12.8 Å². The molecule has 0 atom stereocenters. The highest BCUT2D eigenvalue weighted by atomic mass is 16.4. The van der Waals surface area contributed by atoms with Crippen molar-refractivity contribution in [2.45, 2.75) is 19.3 Å². The molecule has 6 heteroatoms. The molecule has 0 spiro atoms. The minimum Gasteiger partial charge on any atom is -0.409 e. The summed E-state index contributed by atoms with van der Waals surface area (Å²) in [5.41, 5.74) is 10.0. The van der Waals surface area contributed by atoms with Crippen molar-refractivity contribution in [1.29, 1.82) is 0 Å². The van der Waals surface area contributed by atoms with Crippen LogP contribution in [-0.2, 0) is 0 Å². The number of primary amides is 1. The van der Waals surface area contributed by atoms with E-state index >= 15 is 0 Å². The molecule has 70 valence electrons. The van der Waals surface area contributed by atoms with E-state index in [1.807, 2.05) is 0 Å². The Morgan fingerprint density at radius 3 is 2.58 bits per heavy atom. The lowest BCUT2D eigenvalue weighted by atomic mass is 10.2. The molecule has 0 saturated heterocycles. The molecule has 6 N–H and O–H groups in total. The molecule has 0 unspecified atom stereocenters. The molecule has 0 aromatic heterocycles. The molecule has 0 bridgehead atoms. The van der Waals surface area contributed by atoms with Crippen LogP contribution in [-0.4, -0.2) is 23.6 Å². The van der Waals surface area contributed by atoms with Gasteiger partial charge in [0, 0.05) is 13.0 Å². The van der Waals surface area contributed by atoms with Gasteiger partial charge in [0.05, 0.1) is 0 Å². The number of oxime groups is 1. The average Bonchev–Trinajstić information content (AvgIpc) is 2.03. The Labute approximate surface area is 70.6 Å². The van der Waals surface area contributed by atoms with Crippen molar-refractivity contribution in [3.63, 3.8) is 0 Å². The fourth-order valence-electron chi connectivity index (χ4n) is 0.693. The summed E-state index contributed by atoms with van der Waals surface area (Å²) >= 11 is 0. The number of amides is 2. The van der Waals surface area contributed by atoms with Crippen molar-refractivity contribution in [3.05, 3.63) is 0 Å². The number of nitrogens with one attached hydrogen (secondary N) is 1. The second-order valence-corrected chi connectivity index (χ2v) is 2.34. The molecule has 2 amide bonds. The standard InChI is InChI=1S/C6H14N4O2/c7-5(10-12)3-1-2-4-9-6(8)11/h12H,1-4H2,(H2,7,10)(H3,8,9,11). The van der Waals surface area contributed by atoms with E-state index in [2.05, 4.69) is 10.5 Å². The van der Waals surface area contributed by atoms with E-state index in [0.29, 0.717) is 13.0 Å². The van der Waals surface area contributed by atoms with Gasteiger partial charge in [0.1, 0.15) is 5.84 Å². The lowest BCUT2D eigenvalue weighted by molar-refractivity contribution is 0.248. The van der Waals surface area contributed by atoms with Crippen LogP contribution in [0.1, 0.15) is 19.3 Å². The van der Waals surface area contributed by atoms with Crippen molar-refractivity contribution < 1.29 is 10.0 Å². The van der Waals surface area contributed by atoms with Gasteiger partial charge in [-0.15, -0.1) is 0 Å². The van der Waals surface area contributed by atoms with Crippen LogP contribution in [0.5, 0.6) is 0 Å². The zero-order chi connectivity index (χ0) is 9.40. The first-order valence-corrected chi connectivity index (χ1v) is 3.66. The van der Waals surface area contributed by atoms with Gasteiger partial charge in [0.15, 0.2) is 0 Å². The van der Waals surface area contributed by atoms with E-state index in [1.165, 1.54) is 0 Å². The molecule has 0 aromatic rings. The summed E-state index contributed by atoms with van der Waals surface area (Å²) in [6, 6.07) is -0.529. The maximum atomic E-state index is 10.2. The molecule has 0 radical (unpaired) electrons. The lowest BCUT2D eigenvalue weighted by Gasteiger charge is -2.00. The Morgan fingerprint density at radius 1 is 1.42 bits per heavy atom. The van der Waals surface area contributed by atoms with Gasteiger partial charge in [-0.3, -0.25) is 0 Å². The van der Waals surface area contributed by atoms with Crippen LogP contribution in [0.2, 0.25) is 0 Å². The maximum absolute atomic E-state index is 10.2. The molecule has 0 fully saturated rings. The number of rotatable bonds is 5. The van der Waals surface area contributed by atoms with Gasteiger partial charge in [0.25, 0.3) is 0 Å². The van der Waals surface area contributed by atoms with E-state index in [4.69, 9.17) is 16.7 Å². The van der Waals surface area contributed by atoms with E-state index in [-0.39, 0.29) is 5.84 Å². The number of amidine groups is 1. The van der Waals surface area contributed by atoms with E-state index in [0.717, 1.165) is 12.8 Å². The number of nitrogens with two attached hydrogens (primary N) is 2. The number of carbonyl (C=O) groups is 1. The monoisotopic (exact) mass is 174 g/mol. The highest BCUT2D eigenvalue weighted by Crippen LogP contribution is 1.93. The van der Waals surface area contributed by atoms with Gasteiger partial charge in [-0.2, -0.15) is 0 Å². The maximum Gasteiger partial charge on any atom is 0.312 e. The SMILES string of the molecule is NC(=O)NCCCCC(N)=NO. The molecule has 0 saturated carbocycles. The van der Waals surface area contributed by atoms with Crippen LogP contribution >= 0.6 is 0 Å². The third-order valence-electron chi connectivity index (χ3n) is 1.29. The first kappa shape index (κ1) is 10.5. The summed E-state index contributed by atoms with van der Waals surface area (Å²) in [7, 11) is 0. The molecule has 0 aliphatic heterocycles. The number of unbranched alkanes of at least 4 members (excludes halogenated alkanes) is 1. The fraction of sp³-hybridized carbons (Fsp3) is 0.667. The fourth-order valence-corrected chi connectivity index (χ4v) is 0.693. The van der Waals surface area contributed by atoms with Crippen LogP contribution in [0.25, 0.3) is 0 Å². The summed E-state index contributed by atoms with van der Waals surface area (Å²) in [6.07, 6.45) is 2.05. The van der Waals surface area contributed by atoms with E-state index in [1.54, 1.807) is 0 Å². The van der Waals surface area contributed by atoms with Gasteiger partial charge in [0.2, 0.25) is 0 Å². The van der Waals surface area contributed by atoms with Gasteiger partial charge >= 0.3 is 6.03 Å². The topological polar surface area (TPSA) is 114 Å². The molecule has 0 aliphatic rings. The molecular weight excluding hydrogens is 160 g/mol. The van der Waals surface area contributed by atoms with Crippen LogP contribution in [0.15, 0.2) is 5.16 Å². The normalized spacial score (nSPS) is 11.2. The molecule has 0 heterocycles. The third kappa shape index (κ3) is 6.66. The predicted molar refractivity (Wildman–Crippen MR) is 44.8 cm³/mol. The highest BCUT2D eigenvalue weighted by molar-refractivity contribution is 5.79. The summed E-state index contributed by atoms with van der Waals surface area (Å²) < 4.78 is 0. The van der Waals surface area contributed by atoms with Crippen LogP contribution < -0.4 is 16.8 Å². The van der Waals surface area contributed by atoms with Crippen molar-refractivity contribution in [2.24, 2.45) is 16.6 Å². The number of urea groups is 1. The first-order chi connectivity index (χ1) is 5.66. The van der Waals surface area contributed by atoms with E-state index in [9.17, 15) is 4.79 Å². The number of hydrogen-bond acceptors (Lipinski definition) is 3. The number of hydrogen-bond donors (Lipinski definition) is 4. The predicted octanol–water partition coefficient (Wildman–Crippen LogP) is -0.429. The zero-order valence-corrected chi connectivity index (χ0v) is 6.79. The second-order valence-electron chi connectivity index (χ2n) is 2.34. The largest absolute Gasteiger partial charge is 0.409 e. The minimum absolute atomic E-state index is 0.203. The van der Waals surface area contributed by atoms with Crippen molar-refractivity contribution in [3.8, 4) is 0 Å². The van der Waals surface area contributed by atoms with Gasteiger partial charge in [-0.25, -0.2) is 4.79 Å². The van der Waals surface area contributed by atoms with E-state index < -0.39 is 6.03 Å². The minimum atomic E-state index is -0.529.